The van der Waals surface area contributed by atoms with Gasteiger partial charge in [-0.1, -0.05) is 0 Å². The fourth-order valence-electron chi connectivity index (χ4n) is 1.79. The van der Waals surface area contributed by atoms with Gasteiger partial charge in [-0.05, 0) is 37.3 Å². The van der Waals surface area contributed by atoms with Crippen LogP contribution in [0.3, 0.4) is 0 Å². The third-order valence-corrected chi connectivity index (χ3v) is 2.99. The average molecular weight is 289 g/mol. The molecule has 0 aliphatic carbocycles. The van der Waals surface area contributed by atoms with Crippen molar-refractivity contribution in [2.75, 3.05) is 19.5 Å². The lowest BCUT2D eigenvalue weighted by Crippen LogP contribution is -2.17. The molecule has 112 valence electrons. The summed E-state index contributed by atoms with van der Waals surface area (Å²) in [6.45, 7) is 2.38. The molecule has 0 bridgehead atoms. The van der Waals surface area contributed by atoms with E-state index in [1.165, 1.54) is 0 Å². The first kappa shape index (κ1) is 15.1. The van der Waals surface area contributed by atoms with Gasteiger partial charge in [0, 0.05) is 32.0 Å². The first-order valence-corrected chi connectivity index (χ1v) is 6.71. The second-order valence-electron chi connectivity index (χ2n) is 4.73. The average Bonchev–Trinajstić information content (AvgIpc) is 2.96. The van der Waals surface area contributed by atoms with E-state index in [9.17, 15) is 4.79 Å². The van der Waals surface area contributed by atoms with Crippen molar-refractivity contribution in [3.8, 4) is 5.69 Å². The van der Waals surface area contributed by atoms with Crippen molar-refractivity contribution >= 4 is 11.7 Å². The molecule has 6 heteroatoms. The van der Waals surface area contributed by atoms with Crippen LogP contribution >= 0.6 is 0 Å². The summed E-state index contributed by atoms with van der Waals surface area (Å²) in [4.78, 5) is 12.0. The van der Waals surface area contributed by atoms with Crippen molar-refractivity contribution < 1.29 is 14.3 Å². The quantitative estimate of drug-likeness (QED) is 0.650. The molecule has 21 heavy (non-hydrogen) atoms. The molecule has 0 radical (unpaired) electrons. The van der Waals surface area contributed by atoms with Crippen LogP contribution in [0.25, 0.3) is 5.69 Å². The maximum atomic E-state index is 12.0. The van der Waals surface area contributed by atoms with Gasteiger partial charge in [0.05, 0.1) is 5.69 Å². The van der Waals surface area contributed by atoms with E-state index in [1.807, 2.05) is 19.1 Å². The highest BCUT2D eigenvalue weighted by Crippen LogP contribution is 2.11. The monoisotopic (exact) mass is 289 g/mol. The Morgan fingerprint density at radius 2 is 2.05 bits per heavy atom. The number of nitrogens with two attached hydrogens (primary N) is 1. The van der Waals surface area contributed by atoms with Gasteiger partial charge in [-0.2, -0.15) is 5.10 Å². The molecule has 2 aromatic rings. The molecule has 6 nitrogen and oxygen atoms in total. The molecule has 2 rings (SSSR count). The number of carbonyl (C=O) groups excluding carboxylic acids is 1. The topological polar surface area (TPSA) is 79.4 Å². The largest absolute Gasteiger partial charge is 0.458 e. The number of esters is 1. The lowest BCUT2D eigenvalue weighted by molar-refractivity contribution is 0.0259. The van der Waals surface area contributed by atoms with E-state index in [-0.39, 0.29) is 11.8 Å². The number of hydrogen-bond acceptors (Lipinski definition) is 5. The highest BCUT2D eigenvalue weighted by atomic mass is 16.5. The number of rotatable bonds is 6. The summed E-state index contributed by atoms with van der Waals surface area (Å²) in [6.07, 6.45) is 2.15. The third-order valence-electron chi connectivity index (χ3n) is 2.99. The lowest BCUT2D eigenvalue weighted by atomic mass is 10.3. The number of methoxy groups -OCH3 is 1. The molecule has 1 atom stereocenters. The number of ether oxygens (including phenoxy) is 2. The zero-order valence-electron chi connectivity index (χ0n) is 12.2. The van der Waals surface area contributed by atoms with Crippen LogP contribution in [0.4, 0.5) is 5.69 Å². The van der Waals surface area contributed by atoms with Crippen LogP contribution in [0.2, 0.25) is 0 Å². The molecule has 0 aliphatic rings. The number of nitrogens with zero attached hydrogens (tertiary/aromatic N) is 2. The van der Waals surface area contributed by atoms with Gasteiger partial charge in [-0.25, -0.2) is 9.48 Å². The summed E-state index contributed by atoms with van der Waals surface area (Å²) >= 11 is 0. The Bertz CT molecular complexity index is 592. The number of nitrogen functional groups attached to an aromatic ring is 1. The van der Waals surface area contributed by atoms with Gasteiger partial charge in [0.1, 0.15) is 6.10 Å². The van der Waals surface area contributed by atoms with Crippen molar-refractivity contribution in [1.82, 2.24) is 9.78 Å². The van der Waals surface area contributed by atoms with Gasteiger partial charge in [0.15, 0.2) is 5.69 Å². The van der Waals surface area contributed by atoms with Crippen LogP contribution < -0.4 is 5.73 Å². The molecular weight excluding hydrogens is 270 g/mol. The Morgan fingerprint density at radius 1 is 1.33 bits per heavy atom. The smallest absolute Gasteiger partial charge is 0.359 e. The van der Waals surface area contributed by atoms with E-state index >= 15 is 0 Å². The van der Waals surface area contributed by atoms with E-state index in [1.54, 1.807) is 36.2 Å². The van der Waals surface area contributed by atoms with Crippen LogP contribution in [0, 0.1) is 0 Å². The van der Waals surface area contributed by atoms with Crippen LogP contribution in [-0.4, -0.2) is 35.6 Å². The van der Waals surface area contributed by atoms with Crippen LogP contribution in [0.5, 0.6) is 0 Å². The predicted octanol–water partition coefficient (Wildman–Crippen LogP) is 2.04. The van der Waals surface area contributed by atoms with E-state index in [0.717, 1.165) is 5.69 Å². The minimum Gasteiger partial charge on any atom is -0.458 e. The number of carbonyl (C=O) groups is 1. The standard InChI is InChI=1S/C15H19N3O3/c1-11(8-10-20-2)21-15(19)14-7-9-18(17-14)13-5-3-12(16)4-6-13/h3-7,9,11H,8,10,16H2,1-2H3. The molecule has 1 heterocycles. The summed E-state index contributed by atoms with van der Waals surface area (Å²) in [5, 5.41) is 4.21. The first-order chi connectivity index (χ1) is 10.1. The Kier molecular flexibility index (Phi) is 4.94. The number of anilines is 1. The number of benzene rings is 1. The van der Waals surface area contributed by atoms with Crippen LogP contribution in [0.15, 0.2) is 36.5 Å². The van der Waals surface area contributed by atoms with Gasteiger partial charge in [-0.15, -0.1) is 0 Å². The zero-order valence-corrected chi connectivity index (χ0v) is 12.2. The fraction of sp³-hybridized carbons (Fsp3) is 0.333. The van der Waals surface area contributed by atoms with Crippen molar-refractivity contribution in [1.29, 1.82) is 0 Å². The molecule has 0 fully saturated rings. The summed E-state index contributed by atoms with van der Waals surface area (Å²) in [5.74, 6) is -0.437. The highest BCUT2D eigenvalue weighted by Gasteiger charge is 2.15. The predicted molar refractivity (Wildman–Crippen MR) is 79.3 cm³/mol. The molecule has 0 aliphatic heterocycles. The zero-order chi connectivity index (χ0) is 15.2. The summed E-state index contributed by atoms with van der Waals surface area (Å²) < 4.78 is 11.8. The van der Waals surface area contributed by atoms with E-state index in [4.69, 9.17) is 15.2 Å². The summed E-state index contributed by atoms with van der Waals surface area (Å²) in [5.41, 5.74) is 7.42. The maximum absolute atomic E-state index is 12.0. The minimum atomic E-state index is -0.437. The number of aromatic nitrogens is 2. The minimum absolute atomic E-state index is 0.209. The van der Waals surface area contributed by atoms with Gasteiger partial charge in [-0.3, -0.25) is 0 Å². The second-order valence-corrected chi connectivity index (χ2v) is 4.73. The van der Waals surface area contributed by atoms with E-state index in [0.29, 0.717) is 18.7 Å². The Labute approximate surface area is 123 Å². The fourth-order valence-corrected chi connectivity index (χ4v) is 1.79. The summed E-state index contributed by atoms with van der Waals surface area (Å²) in [7, 11) is 1.61. The van der Waals surface area contributed by atoms with Crippen molar-refractivity contribution in [3.05, 3.63) is 42.2 Å². The van der Waals surface area contributed by atoms with Gasteiger partial charge in [0.2, 0.25) is 0 Å². The SMILES string of the molecule is COCCC(C)OC(=O)c1ccn(-c2ccc(N)cc2)n1. The molecule has 1 aromatic heterocycles. The molecule has 0 saturated carbocycles. The molecule has 0 amide bonds. The van der Waals surface area contributed by atoms with Crippen molar-refractivity contribution in [2.24, 2.45) is 0 Å². The third kappa shape index (κ3) is 4.06. The molecule has 2 N–H and O–H groups in total. The van der Waals surface area contributed by atoms with E-state index in [2.05, 4.69) is 5.10 Å². The number of hydrogen-bond donors (Lipinski definition) is 1. The molecular formula is C15H19N3O3. The molecule has 0 saturated heterocycles. The molecule has 1 unspecified atom stereocenters. The summed E-state index contributed by atoms with van der Waals surface area (Å²) in [6, 6.07) is 8.85. The van der Waals surface area contributed by atoms with Gasteiger partial charge >= 0.3 is 5.97 Å². The van der Waals surface area contributed by atoms with Crippen LogP contribution in [0.1, 0.15) is 23.8 Å². The maximum Gasteiger partial charge on any atom is 0.359 e. The van der Waals surface area contributed by atoms with Gasteiger partial charge < -0.3 is 15.2 Å². The Morgan fingerprint density at radius 3 is 2.71 bits per heavy atom. The van der Waals surface area contributed by atoms with Crippen molar-refractivity contribution in [2.45, 2.75) is 19.4 Å². The lowest BCUT2D eigenvalue weighted by Gasteiger charge is -2.11. The van der Waals surface area contributed by atoms with E-state index < -0.39 is 5.97 Å². The van der Waals surface area contributed by atoms with Crippen LogP contribution in [-0.2, 0) is 9.47 Å². The van der Waals surface area contributed by atoms with Gasteiger partial charge in [0.25, 0.3) is 0 Å². The normalized spacial score (nSPS) is 12.1. The highest BCUT2D eigenvalue weighted by molar-refractivity contribution is 5.87. The van der Waals surface area contributed by atoms with Crippen molar-refractivity contribution in [3.63, 3.8) is 0 Å². The second kappa shape index (κ2) is 6.90. The Balaban J connectivity index is 2.02. The molecule has 0 spiro atoms. The first-order valence-electron chi connectivity index (χ1n) is 6.71. The molecule has 1 aromatic carbocycles. The Hall–Kier alpha value is -2.34.